The van der Waals surface area contributed by atoms with Crippen molar-refractivity contribution >= 4 is 17.4 Å². The number of ketones is 1. The number of aliphatic hydroxyl groups excluding tert-OH is 1. The summed E-state index contributed by atoms with van der Waals surface area (Å²) < 4.78 is 41.2. The van der Waals surface area contributed by atoms with Gasteiger partial charge in [-0.1, -0.05) is 61.0 Å². The lowest BCUT2D eigenvalue weighted by atomic mass is 9.64. The fourth-order valence-corrected chi connectivity index (χ4v) is 9.67. The number of carbonyl (C=O) groups excluding carboxylic acids is 2. The summed E-state index contributed by atoms with van der Waals surface area (Å²) in [4.78, 5) is 32.1. The van der Waals surface area contributed by atoms with E-state index in [1.807, 2.05) is 42.5 Å². The maximum atomic E-state index is 14.3. The molecule has 3 aromatic rings. The Morgan fingerprint density at radius 2 is 1.72 bits per heavy atom. The highest BCUT2D eigenvalue weighted by atomic mass is 19.4. The van der Waals surface area contributed by atoms with Gasteiger partial charge in [0.05, 0.1) is 23.9 Å². The van der Waals surface area contributed by atoms with E-state index in [0.717, 1.165) is 28.9 Å². The van der Waals surface area contributed by atoms with Crippen LogP contribution in [0, 0.1) is 5.41 Å². The van der Waals surface area contributed by atoms with Crippen molar-refractivity contribution in [3.8, 4) is 0 Å². The summed E-state index contributed by atoms with van der Waals surface area (Å²) in [5, 5.41) is 26.8. The lowest BCUT2D eigenvalue weighted by Crippen LogP contribution is -2.59. The van der Waals surface area contributed by atoms with E-state index in [0.29, 0.717) is 89.7 Å². The van der Waals surface area contributed by atoms with Gasteiger partial charge in [0.2, 0.25) is 5.91 Å². The van der Waals surface area contributed by atoms with Gasteiger partial charge in [-0.15, -0.1) is 0 Å². The van der Waals surface area contributed by atoms with Crippen molar-refractivity contribution in [2.24, 2.45) is 5.41 Å². The van der Waals surface area contributed by atoms with Crippen LogP contribution in [0.2, 0.25) is 0 Å². The number of carbonyl (C=O) groups is 2. The zero-order chi connectivity index (χ0) is 37.6. The van der Waals surface area contributed by atoms with Crippen LogP contribution in [0.15, 0.2) is 84.4 Å². The minimum atomic E-state index is -4.60. The van der Waals surface area contributed by atoms with Crippen molar-refractivity contribution in [3.63, 3.8) is 0 Å². The van der Waals surface area contributed by atoms with Gasteiger partial charge in [-0.2, -0.15) is 13.2 Å². The Kier molecular flexibility index (Phi) is 10.1. The maximum Gasteiger partial charge on any atom is 0.416 e. The quantitative estimate of drug-likeness (QED) is 0.187. The fourth-order valence-electron chi connectivity index (χ4n) is 9.67. The molecule has 2 bridgehead atoms. The second-order valence-electron chi connectivity index (χ2n) is 16.1. The van der Waals surface area contributed by atoms with Gasteiger partial charge in [-0.05, 0) is 112 Å². The van der Waals surface area contributed by atoms with Crippen molar-refractivity contribution in [1.82, 2.24) is 10.2 Å². The minimum absolute atomic E-state index is 0.0368. The number of amides is 1. The summed E-state index contributed by atoms with van der Waals surface area (Å²) >= 11 is 0. The van der Waals surface area contributed by atoms with Crippen LogP contribution in [-0.2, 0) is 17.4 Å². The van der Waals surface area contributed by atoms with Gasteiger partial charge < -0.3 is 25.3 Å². The second-order valence-corrected chi connectivity index (χ2v) is 16.1. The molecule has 0 aromatic heterocycles. The molecule has 282 valence electrons. The van der Waals surface area contributed by atoms with Crippen LogP contribution in [-0.4, -0.2) is 70.4 Å². The number of β-amino-alcohol motifs (C(OH)–C–C–N with tert-alkyl or cyclic N) is 1. The van der Waals surface area contributed by atoms with Gasteiger partial charge in [-0.3, -0.25) is 9.59 Å². The molecule has 8 rings (SSSR count). The first-order chi connectivity index (χ1) is 25.2. The molecular formula is C43H50F3N3O4. The number of aliphatic hydroxyl groups is 2. The molecule has 3 aromatic carbocycles. The van der Waals surface area contributed by atoms with E-state index in [4.69, 9.17) is 0 Å². The van der Waals surface area contributed by atoms with Crippen LogP contribution in [0.3, 0.4) is 0 Å². The molecule has 0 radical (unpaired) electrons. The van der Waals surface area contributed by atoms with Gasteiger partial charge >= 0.3 is 6.18 Å². The Hall–Kier alpha value is -3.99. The average molecular weight is 730 g/mol. The number of rotatable bonds is 5. The van der Waals surface area contributed by atoms with Crippen LogP contribution in [0.25, 0.3) is 0 Å². The lowest BCUT2D eigenvalue weighted by Gasteiger charge is -2.49. The molecule has 2 aliphatic heterocycles. The molecule has 7 nitrogen and oxygen atoms in total. The summed E-state index contributed by atoms with van der Waals surface area (Å²) in [5.41, 5.74) is 0.571. The van der Waals surface area contributed by atoms with E-state index in [-0.39, 0.29) is 17.4 Å². The van der Waals surface area contributed by atoms with Gasteiger partial charge in [0, 0.05) is 41.9 Å². The summed E-state index contributed by atoms with van der Waals surface area (Å²) in [6.07, 6.45) is 2.19. The number of fused-ring (bicyclic) bond motifs is 8. The standard InChI is InChI=1S/C43H50F3N3O4/c1-29-8-7-18-40(2)37(17-19-42(40,53)27-48-22-20-41(21-23-48)39(52)47-28-49(41)33-11-4-3-5-12-33)35-16-14-30(24-34(50)15-13-29)25-36(35)38(51)31-9-6-10-32(26-31)43(44,45)46/h3-6,8-12,14,16,25-26,34,37,50,53H,7,13,15,17-24,27-28H2,1-2H3,(H,47,52)/t34-,37-,40-,42+/m0/s1. The van der Waals surface area contributed by atoms with E-state index >= 15 is 0 Å². The Morgan fingerprint density at radius 1 is 0.962 bits per heavy atom. The number of nitrogens with zero attached hydrogens (tertiary/aromatic N) is 2. The van der Waals surface area contributed by atoms with Crippen molar-refractivity contribution in [2.75, 3.05) is 31.2 Å². The van der Waals surface area contributed by atoms with Crippen LogP contribution in [0.5, 0.6) is 0 Å². The van der Waals surface area contributed by atoms with E-state index in [1.165, 1.54) is 17.7 Å². The monoisotopic (exact) mass is 729 g/mol. The van der Waals surface area contributed by atoms with Crippen LogP contribution >= 0.6 is 0 Å². The van der Waals surface area contributed by atoms with Gasteiger partial charge in [0.1, 0.15) is 5.54 Å². The highest BCUT2D eigenvalue weighted by Gasteiger charge is 2.58. The maximum absolute atomic E-state index is 14.3. The van der Waals surface area contributed by atoms with E-state index < -0.39 is 40.2 Å². The smallest absolute Gasteiger partial charge is 0.393 e. The number of anilines is 1. The zero-order valence-electron chi connectivity index (χ0n) is 30.6. The molecule has 5 aliphatic rings. The molecule has 3 fully saturated rings. The molecule has 0 unspecified atom stereocenters. The van der Waals surface area contributed by atoms with Crippen molar-refractivity contribution in [2.45, 2.75) is 101 Å². The number of benzene rings is 3. The molecule has 53 heavy (non-hydrogen) atoms. The topological polar surface area (TPSA) is 93.1 Å². The van der Waals surface area contributed by atoms with Gasteiger partial charge in [0.15, 0.2) is 5.78 Å². The number of allylic oxidation sites excluding steroid dienone is 2. The molecular weight excluding hydrogens is 679 g/mol. The van der Waals surface area contributed by atoms with E-state index in [1.54, 1.807) is 6.07 Å². The Labute approximate surface area is 309 Å². The van der Waals surface area contributed by atoms with Crippen molar-refractivity contribution in [1.29, 1.82) is 0 Å². The van der Waals surface area contributed by atoms with Crippen LogP contribution < -0.4 is 10.2 Å². The average Bonchev–Trinajstić information content (AvgIpc) is 3.59. The minimum Gasteiger partial charge on any atom is -0.393 e. The molecule has 3 N–H and O–H groups in total. The Bertz CT molecular complexity index is 1870. The normalized spacial score (nSPS) is 28.0. The predicted molar refractivity (Wildman–Crippen MR) is 199 cm³/mol. The number of nitrogens with one attached hydrogen (secondary N) is 1. The first-order valence-corrected chi connectivity index (χ1v) is 19.0. The Morgan fingerprint density at radius 3 is 2.45 bits per heavy atom. The third-order valence-electron chi connectivity index (χ3n) is 12.9. The molecule has 4 atom stereocenters. The van der Waals surface area contributed by atoms with Crippen molar-refractivity contribution < 1.29 is 33.0 Å². The first-order valence-electron chi connectivity index (χ1n) is 19.0. The molecule has 1 saturated carbocycles. The van der Waals surface area contributed by atoms with E-state index in [9.17, 15) is 33.0 Å². The second kappa shape index (κ2) is 14.3. The number of hydrogen-bond acceptors (Lipinski definition) is 6. The predicted octanol–water partition coefficient (Wildman–Crippen LogP) is 7.40. The summed E-state index contributed by atoms with van der Waals surface area (Å²) in [5.74, 6) is -0.713. The number of hydrogen-bond donors (Lipinski definition) is 3. The Balaban J connectivity index is 1.21. The summed E-state index contributed by atoms with van der Waals surface area (Å²) in [7, 11) is 0. The highest BCUT2D eigenvalue weighted by molar-refractivity contribution is 6.10. The van der Waals surface area contributed by atoms with Crippen LogP contribution in [0.1, 0.15) is 104 Å². The summed E-state index contributed by atoms with van der Waals surface area (Å²) in [6, 6.07) is 20.1. The molecule has 1 amide bonds. The first kappa shape index (κ1) is 37.3. The SMILES string of the molecule is CC1=CCC[C@@]2(C)[C@@H](CC[C@@]2(O)CN2CCC3(CC2)C(=O)NCN3c2ccccc2)c2ccc(cc2C(=O)c2cccc(C(F)(F)F)c2)C[C@@H](O)CC1. The molecule has 2 heterocycles. The summed E-state index contributed by atoms with van der Waals surface area (Å²) in [6.45, 7) is 6.32. The molecule has 1 spiro atoms. The lowest BCUT2D eigenvalue weighted by molar-refractivity contribution is -0.137. The number of piperidine rings is 1. The fraction of sp³-hybridized carbons (Fsp3) is 0.488. The van der Waals surface area contributed by atoms with Crippen molar-refractivity contribution in [3.05, 3.63) is 112 Å². The van der Waals surface area contributed by atoms with E-state index in [2.05, 4.69) is 35.0 Å². The number of halogens is 3. The molecule has 2 saturated heterocycles. The molecule has 10 heteroatoms. The largest absolute Gasteiger partial charge is 0.416 e. The van der Waals surface area contributed by atoms with Gasteiger partial charge in [0.25, 0.3) is 0 Å². The third kappa shape index (κ3) is 7.06. The number of likely N-dealkylation sites (tertiary alicyclic amines) is 1. The van der Waals surface area contributed by atoms with Crippen LogP contribution in [0.4, 0.5) is 18.9 Å². The highest BCUT2D eigenvalue weighted by Crippen LogP contribution is 2.59. The van der Waals surface area contributed by atoms with Gasteiger partial charge in [-0.25, -0.2) is 0 Å². The third-order valence-corrected chi connectivity index (χ3v) is 12.9. The zero-order valence-corrected chi connectivity index (χ0v) is 30.6. The number of alkyl halides is 3. The number of para-hydroxylation sites is 1. The molecule has 3 aliphatic carbocycles.